The van der Waals surface area contributed by atoms with Crippen LogP contribution in [-0.2, 0) is 6.54 Å². The molecule has 0 saturated carbocycles. The van der Waals surface area contributed by atoms with Gasteiger partial charge < -0.3 is 19.4 Å². The minimum atomic E-state index is 0.424. The molecule has 0 radical (unpaired) electrons. The molecule has 0 aliphatic carbocycles. The zero-order valence-electron chi connectivity index (χ0n) is 12.5. The second kappa shape index (κ2) is 6.18. The molecule has 0 amide bonds. The number of hydrogen-bond donors (Lipinski definition) is 1. The first-order valence-electron chi connectivity index (χ1n) is 7.26. The summed E-state index contributed by atoms with van der Waals surface area (Å²) in [5.74, 6) is 1.51. The number of nitrogens with zero attached hydrogens (tertiary/aromatic N) is 2. The summed E-state index contributed by atoms with van der Waals surface area (Å²) in [6.45, 7) is 1.88. The number of imidazole rings is 1. The molecular weight excluding hydrogens is 266 g/mol. The normalized spacial score (nSPS) is 17.9. The van der Waals surface area contributed by atoms with Crippen molar-refractivity contribution in [3.63, 3.8) is 0 Å². The summed E-state index contributed by atoms with van der Waals surface area (Å²) in [5, 5.41) is 3.52. The zero-order chi connectivity index (χ0) is 14.7. The first-order valence-corrected chi connectivity index (χ1v) is 7.26. The van der Waals surface area contributed by atoms with E-state index < -0.39 is 0 Å². The number of benzene rings is 1. The van der Waals surface area contributed by atoms with Gasteiger partial charge in [0.1, 0.15) is 0 Å². The van der Waals surface area contributed by atoms with E-state index in [1.165, 1.54) is 24.1 Å². The fourth-order valence-electron chi connectivity index (χ4n) is 2.87. The molecular formula is C16H21N3O2. The van der Waals surface area contributed by atoms with Gasteiger partial charge >= 0.3 is 0 Å². The molecule has 1 aromatic carbocycles. The predicted molar refractivity (Wildman–Crippen MR) is 80.9 cm³/mol. The molecule has 2 aromatic rings. The monoisotopic (exact) mass is 287 g/mol. The average molecular weight is 287 g/mol. The third-order valence-electron chi connectivity index (χ3n) is 3.96. The average Bonchev–Trinajstić information content (AvgIpc) is 3.17. The molecule has 0 bridgehead atoms. The van der Waals surface area contributed by atoms with Gasteiger partial charge in [-0.1, -0.05) is 6.07 Å². The van der Waals surface area contributed by atoms with Crippen LogP contribution in [0.1, 0.15) is 30.1 Å². The maximum Gasteiger partial charge on any atom is 0.161 e. The van der Waals surface area contributed by atoms with Crippen molar-refractivity contribution in [2.24, 2.45) is 0 Å². The second-order valence-corrected chi connectivity index (χ2v) is 5.28. The minimum absolute atomic E-state index is 0.424. The van der Waals surface area contributed by atoms with Crippen molar-refractivity contribution in [1.82, 2.24) is 14.9 Å². The lowest BCUT2D eigenvalue weighted by Crippen LogP contribution is -2.17. The van der Waals surface area contributed by atoms with E-state index in [-0.39, 0.29) is 0 Å². The number of ether oxygens (including phenoxy) is 2. The van der Waals surface area contributed by atoms with E-state index in [1.54, 1.807) is 14.2 Å². The van der Waals surface area contributed by atoms with Gasteiger partial charge in [-0.3, -0.25) is 0 Å². The van der Waals surface area contributed by atoms with Gasteiger partial charge in [0.2, 0.25) is 0 Å². The molecule has 1 saturated heterocycles. The van der Waals surface area contributed by atoms with E-state index in [4.69, 9.17) is 9.47 Å². The Labute approximate surface area is 124 Å². The van der Waals surface area contributed by atoms with Crippen molar-refractivity contribution in [2.75, 3.05) is 20.8 Å². The van der Waals surface area contributed by atoms with Crippen LogP contribution in [0.15, 0.2) is 30.7 Å². The van der Waals surface area contributed by atoms with Crippen LogP contribution in [0, 0.1) is 0 Å². The summed E-state index contributed by atoms with van der Waals surface area (Å²) in [4.78, 5) is 4.31. The van der Waals surface area contributed by atoms with Crippen LogP contribution in [0.25, 0.3) is 0 Å². The molecule has 5 nitrogen and oxygen atoms in total. The van der Waals surface area contributed by atoms with Crippen molar-refractivity contribution < 1.29 is 9.47 Å². The van der Waals surface area contributed by atoms with E-state index in [2.05, 4.69) is 20.9 Å². The topological polar surface area (TPSA) is 48.3 Å². The fourth-order valence-corrected chi connectivity index (χ4v) is 2.87. The molecule has 2 heterocycles. The lowest BCUT2D eigenvalue weighted by atomic mass is 10.1. The van der Waals surface area contributed by atoms with Crippen LogP contribution >= 0.6 is 0 Å². The summed E-state index contributed by atoms with van der Waals surface area (Å²) in [6.07, 6.45) is 6.26. The van der Waals surface area contributed by atoms with Gasteiger partial charge in [0.15, 0.2) is 11.5 Å². The lowest BCUT2D eigenvalue weighted by molar-refractivity contribution is 0.354. The van der Waals surface area contributed by atoms with Gasteiger partial charge in [-0.05, 0) is 37.1 Å². The maximum atomic E-state index is 5.36. The Morgan fingerprint density at radius 3 is 2.86 bits per heavy atom. The largest absolute Gasteiger partial charge is 0.493 e. The van der Waals surface area contributed by atoms with E-state index in [9.17, 15) is 0 Å². The number of nitrogens with one attached hydrogen (secondary N) is 1. The SMILES string of the molecule is COc1ccc(Cn2cncc2[C@@H]2CCCN2)cc1OC. The van der Waals surface area contributed by atoms with Crippen LogP contribution < -0.4 is 14.8 Å². The van der Waals surface area contributed by atoms with E-state index in [0.29, 0.717) is 6.04 Å². The van der Waals surface area contributed by atoms with Crippen LogP contribution in [0.3, 0.4) is 0 Å². The molecule has 1 aromatic heterocycles. The fraction of sp³-hybridized carbons (Fsp3) is 0.438. The van der Waals surface area contributed by atoms with Crippen LogP contribution in [0.4, 0.5) is 0 Å². The Hall–Kier alpha value is -2.01. The third-order valence-corrected chi connectivity index (χ3v) is 3.96. The molecule has 1 aliphatic rings. The predicted octanol–water partition coefficient (Wildman–Crippen LogP) is 2.37. The van der Waals surface area contributed by atoms with Gasteiger partial charge in [0.25, 0.3) is 0 Å². The van der Waals surface area contributed by atoms with Crippen molar-refractivity contribution in [2.45, 2.75) is 25.4 Å². The third kappa shape index (κ3) is 2.88. The highest BCUT2D eigenvalue weighted by atomic mass is 16.5. The molecule has 21 heavy (non-hydrogen) atoms. The number of hydrogen-bond acceptors (Lipinski definition) is 4. The minimum Gasteiger partial charge on any atom is -0.493 e. The molecule has 5 heteroatoms. The Bertz CT molecular complexity index is 603. The molecule has 1 aliphatic heterocycles. The highest BCUT2D eigenvalue weighted by molar-refractivity contribution is 5.43. The molecule has 112 valence electrons. The summed E-state index contributed by atoms with van der Waals surface area (Å²) in [6, 6.07) is 6.45. The Morgan fingerprint density at radius 1 is 1.29 bits per heavy atom. The Morgan fingerprint density at radius 2 is 2.14 bits per heavy atom. The smallest absolute Gasteiger partial charge is 0.161 e. The van der Waals surface area contributed by atoms with Gasteiger partial charge in [-0.2, -0.15) is 0 Å². The van der Waals surface area contributed by atoms with Crippen LogP contribution in [-0.4, -0.2) is 30.3 Å². The number of aromatic nitrogens is 2. The summed E-state index contributed by atoms with van der Waals surface area (Å²) < 4.78 is 12.8. The Balaban J connectivity index is 1.82. The summed E-state index contributed by atoms with van der Waals surface area (Å²) in [5.41, 5.74) is 2.42. The summed E-state index contributed by atoms with van der Waals surface area (Å²) in [7, 11) is 3.31. The molecule has 0 unspecified atom stereocenters. The first-order chi connectivity index (χ1) is 10.3. The number of methoxy groups -OCH3 is 2. The van der Waals surface area contributed by atoms with Gasteiger partial charge in [-0.25, -0.2) is 4.98 Å². The van der Waals surface area contributed by atoms with E-state index >= 15 is 0 Å². The maximum absolute atomic E-state index is 5.36. The van der Waals surface area contributed by atoms with Crippen molar-refractivity contribution >= 4 is 0 Å². The molecule has 0 spiro atoms. The molecule has 1 N–H and O–H groups in total. The second-order valence-electron chi connectivity index (χ2n) is 5.28. The first kappa shape index (κ1) is 13.9. The standard InChI is InChI=1S/C16H21N3O2/c1-20-15-6-5-12(8-16(15)21-2)10-19-11-17-9-14(19)13-4-3-7-18-13/h5-6,8-9,11,13,18H,3-4,7,10H2,1-2H3/t13-/m0/s1. The highest BCUT2D eigenvalue weighted by Crippen LogP contribution is 2.29. The zero-order valence-corrected chi connectivity index (χ0v) is 12.5. The molecule has 1 fully saturated rings. The van der Waals surface area contributed by atoms with Crippen LogP contribution in [0.5, 0.6) is 11.5 Å². The van der Waals surface area contributed by atoms with Crippen molar-refractivity contribution in [3.8, 4) is 11.5 Å². The Kier molecular flexibility index (Phi) is 4.10. The van der Waals surface area contributed by atoms with Crippen molar-refractivity contribution in [3.05, 3.63) is 42.0 Å². The van der Waals surface area contributed by atoms with Crippen molar-refractivity contribution in [1.29, 1.82) is 0 Å². The number of rotatable bonds is 5. The highest BCUT2D eigenvalue weighted by Gasteiger charge is 2.19. The lowest BCUT2D eigenvalue weighted by Gasteiger charge is -2.15. The molecule has 3 rings (SSSR count). The van der Waals surface area contributed by atoms with Gasteiger partial charge in [0.05, 0.1) is 26.2 Å². The van der Waals surface area contributed by atoms with E-state index in [1.807, 2.05) is 24.7 Å². The molecule has 1 atom stereocenters. The van der Waals surface area contributed by atoms with E-state index in [0.717, 1.165) is 24.6 Å². The summed E-state index contributed by atoms with van der Waals surface area (Å²) >= 11 is 0. The van der Waals surface area contributed by atoms with Gasteiger partial charge in [-0.15, -0.1) is 0 Å². The van der Waals surface area contributed by atoms with Crippen LogP contribution in [0.2, 0.25) is 0 Å². The quantitative estimate of drug-likeness (QED) is 0.917. The van der Waals surface area contributed by atoms with Gasteiger partial charge in [0, 0.05) is 18.8 Å².